The second-order valence-corrected chi connectivity index (χ2v) is 7.62. The Bertz CT molecular complexity index is 1260. The molecule has 0 fully saturated rings. The van der Waals surface area contributed by atoms with Crippen molar-refractivity contribution < 1.29 is 19.1 Å². The van der Waals surface area contributed by atoms with E-state index < -0.39 is 11.8 Å². The third kappa shape index (κ3) is 4.34. The molecule has 7 heteroatoms. The largest absolute Gasteiger partial charge is 0.495 e. The van der Waals surface area contributed by atoms with E-state index in [1.165, 1.54) is 14.0 Å². The third-order valence-corrected chi connectivity index (χ3v) is 5.20. The van der Waals surface area contributed by atoms with Gasteiger partial charge in [0.15, 0.2) is 0 Å². The summed E-state index contributed by atoms with van der Waals surface area (Å²) in [7, 11) is 1.50. The normalized spacial score (nSPS) is 13.4. The quantitative estimate of drug-likeness (QED) is 0.555. The van der Waals surface area contributed by atoms with E-state index in [0.717, 1.165) is 10.5 Å². The summed E-state index contributed by atoms with van der Waals surface area (Å²) in [6.45, 7) is 3.31. The van der Waals surface area contributed by atoms with Crippen LogP contribution < -0.4 is 20.3 Å². The van der Waals surface area contributed by atoms with Crippen LogP contribution in [0.5, 0.6) is 5.75 Å². The molecule has 7 nitrogen and oxygen atoms in total. The van der Waals surface area contributed by atoms with Crippen LogP contribution in [0.25, 0.3) is 5.57 Å². The molecule has 3 aromatic rings. The zero-order valence-electron chi connectivity index (χ0n) is 18.5. The summed E-state index contributed by atoms with van der Waals surface area (Å²) in [4.78, 5) is 39.6. The number of benzene rings is 3. The number of ether oxygens (including phenoxy) is 1. The van der Waals surface area contributed by atoms with Crippen LogP contribution in [0, 0.1) is 6.92 Å². The average molecular weight is 441 g/mol. The second-order valence-electron chi connectivity index (χ2n) is 7.62. The van der Waals surface area contributed by atoms with Gasteiger partial charge in [-0.3, -0.25) is 14.4 Å². The Kier molecular flexibility index (Phi) is 5.95. The van der Waals surface area contributed by atoms with Crippen LogP contribution in [0.1, 0.15) is 18.1 Å². The van der Waals surface area contributed by atoms with E-state index in [0.29, 0.717) is 28.4 Å². The molecule has 2 N–H and O–H groups in total. The molecule has 0 saturated carbocycles. The van der Waals surface area contributed by atoms with E-state index in [9.17, 15) is 14.4 Å². The van der Waals surface area contributed by atoms with E-state index >= 15 is 0 Å². The first-order valence-electron chi connectivity index (χ1n) is 10.4. The Morgan fingerprint density at radius 3 is 2.18 bits per heavy atom. The van der Waals surface area contributed by atoms with Crippen molar-refractivity contribution in [1.29, 1.82) is 0 Å². The number of hydrogen-bond donors (Lipinski definition) is 2. The number of amides is 3. The maximum atomic E-state index is 13.6. The highest BCUT2D eigenvalue weighted by Crippen LogP contribution is 2.38. The summed E-state index contributed by atoms with van der Waals surface area (Å²) >= 11 is 0. The van der Waals surface area contributed by atoms with Crippen molar-refractivity contribution in [3.05, 3.63) is 89.6 Å². The van der Waals surface area contributed by atoms with E-state index in [2.05, 4.69) is 10.6 Å². The smallest absolute Gasteiger partial charge is 0.282 e. The number of nitrogens with zero attached hydrogens (tertiary/aromatic N) is 1. The minimum Gasteiger partial charge on any atom is -0.495 e. The molecule has 3 amide bonds. The lowest BCUT2D eigenvalue weighted by molar-refractivity contribution is -0.120. The summed E-state index contributed by atoms with van der Waals surface area (Å²) in [6, 6.07) is 21.3. The van der Waals surface area contributed by atoms with Crippen LogP contribution in [0.3, 0.4) is 0 Å². The van der Waals surface area contributed by atoms with E-state index in [1.54, 1.807) is 48.5 Å². The topological polar surface area (TPSA) is 87.7 Å². The number of hydrogen-bond acceptors (Lipinski definition) is 5. The predicted octanol–water partition coefficient (Wildman–Crippen LogP) is 4.36. The molecule has 1 aliphatic heterocycles. The molecule has 0 saturated heterocycles. The Morgan fingerprint density at radius 1 is 0.879 bits per heavy atom. The minimum absolute atomic E-state index is 0.169. The molecule has 1 aliphatic rings. The number of imide groups is 1. The van der Waals surface area contributed by atoms with E-state index in [-0.39, 0.29) is 17.2 Å². The minimum atomic E-state index is -0.478. The molecule has 4 rings (SSSR count). The molecule has 1 heterocycles. The molecule has 33 heavy (non-hydrogen) atoms. The maximum Gasteiger partial charge on any atom is 0.282 e. The molecule has 0 spiro atoms. The first kappa shape index (κ1) is 21.8. The standard InChI is InChI=1S/C26H23N3O4/c1-16-9-14-22(33-3)21(15-16)29-25(31)23(18-7-5-4-6-8-18)24(26(29)32)28-20-12-10-19(11-13-20)27-17(2)30/h4-15,28H,1-3H3,(H,27,30). The highest BCUT2D eigenvalue weighted by molar-refractivity contribution is 6.46. The van der Waals surface area contributed by atoms with Crippen LogP contribution in [0.15, 0.2) is 78.5 Å². The number of methoxy groups -OCH3 is 1. The molecule has 0 aromatic heterocycles. The van der Waals surface area contributed by atoms with Crippen molar-refractivity contribution in [3.8, 4) is 5.75 Å². The predicted molar refractivity (Wildman–Crippen MR) is 128 cm³/mol. The van der Waals surface area contributed by atoms with Gasteiger partial charge < -0.3 is 15.4 Å². The van der Waals surface area contributed by atoms with Crippen LogP contribution in [0.4, 0.5) is 17.1 Å². The summed E-state index contributed by atoms with van der Waals surface area (Å²) in [5.41, 5.74) is 3.58. The number of rotatable bonds is 6. The monoisotopic (exact) mass is 441 g/mol. The number of carbonyl (C=O) groups excluding carboxylic acids is 3. The molecule has 0 radical (unpaired) electrons. The molecule has 0 atom stereocenters. The maximum absolute atomic E-state index is 13.6. The van der Waals surface area contributed by atoms with Crippen LogP contribution in [0.2, 0.25) is 0 Å². The Balaban J connectivity index is 1.77. The van der Waals surface area contributed by atoms with E-state index in [1.807, 2.05) is 31.2 Å². The fourth-order valence-corrected chi connectivity index (χ4v) is 3.70. The van der Waals surface area contributed by atoms with Crippen molar-refractivity contribution in [3.63, 3.8) is 0 Å². The number of aryl methyl sites for hydroxylation is 1. The molecular weight excluding hydrogens is 418 g/mol. The summed E-state index contributed by atoms with van der Waals surface area (Å²) in [5, 5.41) is 5.82. The zero-order chi connectivity index (χ0) is 23.5. The molecule has 0 bridgehead atoms. The molecule has 0 unspecified atom stereocenters. The van der Waals surface area contributed by atoms with Crippen molar-refractivity contribution in [2.75, 3.05) is 22.6 Å². The Labute approximate surface area is 191 Å². The molecular formula is C26H23N3O4. The van der Waals surface area contributed by atoms with Crippen LogP contribution in [-0.2, 0) is 14.4 Å². The second kappa shape index (κ2) is 9.00. The van der Waals surface area contributed by atoms with Gasteiger partial charge >= 0.3 is 0 Å². The average Bonchev–Trinajstić information content (AvgIpc) is 3.04. The number of nitrogens with one attached hydrogen (secondary N) is 2. The van der Waals surface area contributed by atoms with Gasteiger partial charge in [0.2, 0.25) is 5.91 Å². The van der Waals surface area contributed by atoms with Crippen molar-refractivity contribution in [2.24, 2.45) is 0 Å². The third-order valence-electron chi connectivity index (χ3n) is 5.20. The van der Waals surface area contributed by atoms with Gasteiger partial charge in [0.05, 0.1) is 18.4 Å². The van der Waals surface area contributed by atoms with Gasteiger partial charge in [-0.05, 0) is 54.4 Å². The van der Waals surface area contributed by atoms with Gasteiger partial charge in [0.25, 0.3) is 11.8 Å². The fraction of sp³-hybridized carbons (Fsp3) is 0.115. The van der Waals surface area contributed by atoms with Crippen molar-refractivity contribution >= 4 is 40.4 Å². The summed E-state index contributed by atoms with van der Waals surface area (Å²) in [6.07, 6.45) is 0. The van der Waals surface area contributed by atoms with Gasteiger partial charge in [0.1, 0.15) is 11.4 Å². The molecule has 166 valence electrons. The number of anilines is 3. The van der Waals surface area contributed by atoms with Crippen molar-refractivity contribution in [2.45, 2.75) is 13.8 Å². The van der Waals surface area contributed by atoms with E-state index in [4.69, 9.17) is 4.74 Å². The van der Waals surface area contributed by atoms with Crippen LogP contribution in [-0.4, -0.2) is 24.8 Å². The van der Waals surface area contributed by atoms with Crippen LogP contribution >= 0.6 is 0 Å². The lowest BCUT2D eigenvalue weighted by atomic mass is 10.0. The highest BCUT2D eigenvalue weighted by Gasteiger charge is 2.41. The first-order chi connectivity index (χ1) is 15.9. The zero-order valence-corrected chi connectivity index (χ0v) is 18.5. The van der Waals surface area contributed by atoms with Gasteiger partial charge in [-0.15, -0.1) is 0 Å². The first-order valence-corrected chi connectivity index (χ1v) is 10.4. The van der Waals surface area contributed by atoms with Crippen molar-refractivity contribution in [1.82, 2.24) is 0 Å². The number of carbonyl (C=O) groups is 3. The SMILES string of the molecule is COc1ccc(C)cc1N1C(=O)C(Nc2ccc(NC(C)=O)cc2)=C(c2ccccc2)C1=O. The van der Waals surface area contributed by atoms with Gasteiger partial charge in [0, 0.05) is 18.3 Å². The lowest BCUT2D eigenvalue weighted by Gasteiger charge is -2.19. The Hall–Kier alpha value is -4.39. The fourth-order valence-electron chi connectivity index (χ4n) is 3.70. The molecule has 0 aliphatic carbocycles. The highest BCUT2D eigenvalue weighted by atomic mass is 16.5. The van der Waals surface area contributed by atoms with Gasteiger partial charge in [-0.1, -0.05) is 36.4 Å². The van der Waals surface area contributed by atoms with Gasteiger partial charge in [-0.25, -0.2) is 4.90 Å². The van der Waals surface area contributed by atoms with Gasteiger partial charge in [-0.2, -0.15) is 0 Å². The lowest BCUT2D eigenvalue weighted by Crippen LogP contribution is -2.32. The molecule has 3 aromatic carbocycles. The summed E-state index contributed by atoms with van der Waals surface area (Å²) in [5.74, 6) is -0.666. The Morgan fingerprint density at radius 2 is 1.55 bits per heavy atom. The summed E-state index contributed by atoms with van der Waals surface area (Å²) < 4.78 is 5.43.